The van der Waals surface area contributed by atoms with E-state index in [4.69, 9.17) is 4.42 Å². The molecule has 4 aromatic rings. The predicted octanol–water partition coefficient (Wildman–Crippen LogP) is 3.72. The van der Waals surface area contributed by atoms with Crippen LogP contribution in [0.25, 0.3) is 16.8 Å². The van der Waals surface area contributed by atoms with Gasteiger partial charge in [0.2, 0.25) is 11.6 Å². The van der Waals surface area contributed by atoms with Gasteiger partial charge in [0, 0.05) is 19.2 Å². The second kappa shape index (κ2) is 6.16. The van der Waals surface area contributed by atoms with Crippen LogP contribution in [-0.4, -0.2) is 19.5 Å². The van der Waals surface area contributed by atoms with E-state index in [1.165, 1.54) is 16.4 Å². The van der Waals surface area contributed by atoms with Crippen LogP contribution in [0.5, 0.6) is 5.88 Å². The van der Waals surface area contributed by atoms with Gasteiger partial charge in [-0.25, -0.2) is 18.1 Å². The summed E-state index contributed by atoms with van der Waals surface area (Å²) in [7, 11) is 1.48. The van der Waals surface area contributed by atoms with Crippen LogP contribution in [0.4, 0.5) is 20.5 Å². The summed E-state index contributed by atoms with van der Waals surface area (Å²) in [5.74, 6) is -2.58. The molecule has 27 heavy (non-hydrogen) atoms. The highest BCUT2D eigenvalue weighted by Gasteiger charge is 2.19. The van der Waals surface area contributed by atoms with Gasteiger partial charge in [-0.1, -0.05) is 23.3 Å². The number of hydrogen-bond donors (Lipinski definition) is 1. The predicted molar refractivity (Wildman–Crippen MR) is 90.8 cm³/mol. The molecule has 0 radical (unpaired) electrons. The topological polar surface area (TPSA) is 97.9 Å². The minimum absolute atomic E-state index is 0.0261. The van der Waals surface area contributed by atoms with E-state index < -0.39 is 23.1 Å². The summed E-state index contributed by atoms with van der Waals surface area (Å²) in [4.78, 5) is 16.4. The summed E-state index contributed by atoms with van der Waals surface area (Å²) in [5.41, 5.74) is -0.405. The van der Waals surface area contributed by atoms with Crippen molar-refractivity contribution in [2.75, 3.05) is 0 Å². The van der Waals surface area contributed by atoms with Gasteiger partial charge in [-0.3, -0.25) is 4.79 Å². The number of para-hydroxylation sites is 1. The average Bonchev–Trinajstić information content (AvgIpc) is 3.13. The van der Waals surface area contributed by atoms with Crippen molar-refractivity contribution < 1.29 is 18.3 Å². The van der Waals surface area contributed by atoms with Gasteiger partial charge in [0.1, 0.15) is 5.52 Å². The zero-order valence-corrected chi connectivity index (χ0v) is 13.8. The zero-order chi connectivity index (χ0) is 19.1. The van der Waals surface area contributed by atoms with E-state index in [2.05, 4.69) is 15.2 Å². The van der Waals surface area contributed by atoms with Crippen LogP contribution in [0, 0.1) is 11.6 Å². The van der Waals surface area contributed by atoms with Crippen LogP contribution in [-0.2, 0) is 7.05 Å². The lowest BCUT2D eigenvalue weighted by Crippen LogP contribution is -2.18. The van der Waals surface area contributed by atoms with E-state index >= 15 is 0 Å². The van der Waals surface area contributed by atoms with Gasteiger partial charge in [0.05, 0.1) is 5.69 Å². The number of oxazole rings is 1. The fraction of sp³-hybridized carbons (Fsp3) is 0.0588. The lowest BCUT2D eigenvalue weighted by molar-refractivity contribution is 0.408. The molecule has 4 rings (SSSR count). The number of rotatable bonds is 3. The fourth-order valence-corrected chi connectivity index (χ4v) is 2.57. The summed E-state index contributed by atoms with van der Waals surface area (Å²) < 4.78 is 34.0. The highest BCUT2D eigenvalue weighted by Crippen LogP contribution is 2.28. The molecular weight excluding hydrogens is 360 g/mol. The molecular formula is C17H11F2N5O3. The van der Waals surface area contributed by atoms with Crippen LogP contribution >= 0.6 is 0 Å². The Balaban J connectivity index is 1.76. The van der Waals surface area contributed by atoms with Gasteiger partial charge >= 0.3 is 11.6 Å². The average molecular weight is 371 g/mol. The van der Waals surface area contributed by atoms with Gasteiger partial charge in [-0.15, -0.1) is 5.11 Å². The number of aromatic hydroxyl groups is 1. The van der Waals surface area contributed by atoms with Crippen LogP contribution < -0.4 is 5.56 Å². The first-order valence-corrected chi connectivity index (χ1v) is 7.69. The van der Waals surface area contributed by atoms with Gasteiger partial charge < -0.3 is 9.52 Å². The third-order valence-electron chi connectivity index (χ3n) is 3.87. The van der Waals surface area contributed by atoms with Gasteiger partial charge in [-0.2, -0.15) is 4.98 Å². The van der Waals surface area contributed by atoms with E-state index in [0.29, 0.717) is 5.69 Å². The summed E-state index contributed by atoms with van der Waals surface area (Å²) in [5, 5.41) is 17.5. The standard InChI is InChI=1S/C17H11F2N5O3/c1-23-15(25)14(16(26)24(23)9-5-3-2-4-6-9)21-22-17-20-12-7-10(18)11(19)8-13(12)27-17/h2-8,25H,1H3. The Bertz CT molecular complexity index is 1200. The van der Waals surface area contributed by atoms with Gasteiger partial charge in [0.25, 0.3) is 0 Å². The highest BCUT2D eigenvalue weighted by atomic mass is 19.2. The minimum Gasteiger partial charge on any atom is -0.492 e. The van der Waals surface area contributed by atoms with Crippen LogP contribution in [0.15, 0.2) is 61.9 Å². The summed E-state index contributed by atoms with van der Waals surface area (Å²) >= 11 is 0. The maximum Gasteiger partial charge on any atom is 0.341 e. The van der Waals surface area contributed by atoms with E-state index in [-0.39, 0.29) is 22.8 Å². The van der Waals surface area contributed by atoms with E-state index in [0.717, 1.165) is 12.1 Å². The molecule has 0 saturated heterocycles. The Morgan fingerprint density at radius 1 is 1.11 bits per heavy atom. The van der Waals surface area contributed by atoms with Crippen molar-refractivity contribution in [1.82, 2.24) is 14.3 Å². The smallest absolute Gasteiger partial charge is 0.341 e. The molecule has 136 valence electrons. The molecule has 2 heterocycles. The van der Waals surface area contributed by atoms with Crippen molar-refractivity contribution in [3.8, 4) is 11.6 Å². The number of fused-ring (bicyclic) bond motifs is 1. The SMILES string of the molecule is Cn1c(O)c(N=Nc2nc3cc(F)c(F)cc3o2)c(=O)n1-c1ccccc1. The third kappa shape index (κ3) is 2.76. The normalized spacial score (nSPS) is 11.7. The van der Waals surface area contributed by atoms with Crippen molar-refractivity contribution in [1.29, 1.82) is 0 Å². The first kappa shape index (κ1) is 16.6. The first-order valence-electron chi connectivity index (χ1n) is 7.69. The Morgan fingerprint density at radius 3 is 2.56 bits per heavy atom. The molecule has 0 fully saturated rings. The first-order chi connectivity index (χ1) is 13.0. The summed E-state index contributed by atoms with van der Waals surface area (Å²) in [6, 6.07) is 10.0. The van der Waals surface area contributed by atoms with Crippen molar-refractivity contribution in [2.45, 2.75) is 0 Å². The van der Waals surface area contributed by atoms with Crippen molar-refractivity contribution >= 4 is 22.8 Å². The molecule has 0 aliphatic carbocycles. The number of benzene rings is 2. The number of aromatic nitrogens is 3. The Morgan fingerprint density at radius 2 is 1.81 bits per heavy atom. The molecule has 2 aromatic carbocycles. The zero-order valence-electron chi connectivity index (χ0n) is 13.8. The number of halogens is 2. The van der Waals surface area contributed by atoms with Crippen molar-refractivity contribution in [3.05, 3.63) is 64.5 Å². The molecule has 0 saturated carbocycles. The molecule has 2 aromatic heterocycles. The number of azo groups is 1. The van der Waals surface area contributed by atoms with Gasteiger partial charge in [-0.05, 0) is 12.1 Å². The Hall–Kier alpha value is -3.82. The molecule has 0 bridgehead atoms. The Labute approximate surface area is 149 Å². The number of nitrogens with zero attached hydrogens (tertiary/aromatic N) is 5. The molecule has 8 nitrogen and oxygen atoms in total. The highest BCUT2D eigenvalue weighted by molar-refractivity contribution is 5.74. The second-order valence-electron chi connectivity index (χ2n) is 5.58. The molecule has 0 unspecified atom stereocenters. The third-order valence-corrected chi connectivity index (χ3v) is 3.87. The van der Waals surface area contributed by atoms with Gasteiger partial charge in [0.15, 0.2) is 17.2 Å². The van der Waals surface area contributed by atoms with Crippen LogP contribution in [0.1, 0.15) is 0 Å². The van der Waals surface area contributed by atoms with Crippen molar-refractivity contribution in [3.63, 3.8) is 0 Å². The maximum absolute atomic E-state index is 13.2. The molecule has 0 aliphatic rings. The Kier molecular flexibility index (Phi) is 3.80. The molecule has 0 aliphatic heterocycles. The fourth-order valence-electron chi connectivity index (χ4n) is 2.57. The minimum atomic E-state index is -1.09. The quantitative estimate of drug-likeness (QED) is 0.555. The lowest BCUT2D eigenvalue weighted by atomic mass is 10.3. The summed E-state index contributed by atoms with van der Waals surface area (Å²) in [6.07, 6.45) is 0. The van der Waals surface area contributed by atoms with Crippen molar-refractivity contribution in [2.24, 2.45) is 17.3 Å². The monoisotopic (exact) mass is 371 g/mol. The molecule has 10 heteroatoms. The molecule has 0 atom stereocenters. The summed E-state index contributed by atoms with van der Waals surface area (Å²) in [6.45, 7) is 0. The number of hydrogen-bond acceptors (Lipinski definition) is 6. The lowest BCUT2D eigenvalue weighted by Gasteiger charge is -2.06. The molecule has 1 N–H and O–H groups in total. The maximum atomic E-state index is 13.2. The second-order valence-corrected chi connectivity index (χ2v) is 5.58. The van der Waals surface area contributed by atoms with Crippen LogP contribution in [0.2, 0.25) is 0 Å². The van der Waals surface area contributed by atoms with E-state index in [1.807, 2.05) is 0 Å². The largest absolute Gasteiger partial charge is 0.492 e. The van der Waals surface area contributed by atoms with E-state index in [1.54, 1.807) is 30.3 Å². The van der Waals surface area contributed by atoms with Crippen LogP contribution in [0.3, 0.4) is 0 Å². The van der Waals surface area contributed by atoms with E-state index in [9.17, 15) is 18.7 Å². The molecule has 0 spiro atoms. The molecule has 0 amide bonds.